The van der Waals surface area contributed by atoms with E-state index in [0.29, 0.717) is 28.8 Å². The molecular weight excluding hydrogens is 442 g/mol. The standard InChI is InChI=1S/C23H21ClF2N2O2S/c24-17-2-5-19(6-3-17)31(29)23(20-13-18(25)4-7-21(20)26)22-8-1-16(14-27-22)15-28-9-11-30-12-10-28/h1-8,13-14,23H,9-12,15H2. The van der Waals surface area contributed by atoms with E-state index in [-0.39, 0.29) is 5.56 Å². The first-order valence-electron chi connectivity index (χ1n) is 9.87. The van der Waals surface area contributed by atoms with Crippen molar-refractivity contribution in [3.8, 4) is 0 Å². The van der Waals surface area contributed by atoms with Crippen molar-refractivity contribution in [2.24, 2.45) is 0 Å². The van der Waals surface area contributed by atoms with Crippen LogP contribution in [0.5, 0.6) is 0 Å². The van der Waals surface area contributed by atoms with Crippen molar-refractivity contribution < 1.29 is 17.7 Å². The Labute approximate surface area is 187 Å². The van der Waals surface area contributed by atoms with Gasteiger partial charge in [0.05, 0.1) is 29.7 Å². The summed E-state index contributed by atoms with van der Waals surface area (Å²) < 4.78 is 47.4. The van der Waals surface area contributed by atoms with Crippen LogP contribution in [0.2, 0.25) is 5.02 Å². The summed E-state index contributed by atoms with van der Waals surface area (Å²) in [6.45, 7) is 3.81. The van der Waals surface area contributed by atoms with Gasteiger partial charge in [-0.3, -0.25) is 14.1 Å². The Morgan fingerprint density at radius 2 is 1.81 bits per heavy atom. The third-order valence-corrected chi connectivity index (χ3v) is 7.04. The second-order valence-electron chi connectivity index (χ2n) is 7.28. The van der Waals surface area contributed by atoms with Gasteiger partial charge in [-0.05, 0) is 54.1 Å². The zero-order chi connectivity index (χ0) is 21.8. The van der Waals surface area contributed by atoms with E-state index in [1.165, 1.54) is 0 Å². The number of rotatable bonds is 6. The van der Waals surface area contributed by atoms with E-state index in [4.69, 9.17) is 16.3 Å². The molecule has 0 radical (unpaired) electrons. The average molecular weight is 463 g/mol. The Kier molecular flexibility index (Phi) is 7.07. The minimum absolute atomic E-state index is 0.00159. The lowest BCUT2D eigenvalue weighted by Gasteiger charge is -2.26. The molecule has 8 heteroatoms. The normalized spacial score (nSPS) is 16.7. The smallest absolute Gasteiger partial charge is 0.128 e. The molecule has 162 valence electrons. The molecule has 1 saturated heterocycles. The number of aromatic nitrogens is 1. The predicted octanol–water partition coefficient (Wildman–Crippen LogP) is 4.74. The average Bonchev–Trinajstić information content (AvgIpc) is 2.78. The van der Waals surface area contributed by atoms with Crippen LogP contribution in [0.15, 0.2) is 65.7 Å². The maximum absolute atomic E-state index is 14.7. The number of hydrogen-bond donors (Lipinski definition) is 0. The fourth-order valence-electron chi connectivity index (χ4n) is 3.51. The summed E-state index contributed by atoms with van der Waals surface area (Å²) in [4.78, 5) is 7.21. The second-order valence-corrected chi connectivity index (χ2v) is 9.25. The van der Waals surface area contributed by atoms with Gasteiger partial charge < -0.3 is 4.74 Å². The molecule has 0 N–H and O–H groups in total. The highest BCUT2D eigenvalue weighted by Gasteiger charge is 2.27. The first-order chi connectivity index (χ1) is 15.0. The number of morpholine rings is 1. The van der Waals surface area contributed by atoms with Crippen LogP contribution in [0, 0.1) is 11.6 Å². The highest BCUT2D eigenvalue weighted by Crippen LogP contribution is 2.33. The molecule has 31 heavy (non-hydrogen) atoms. The lowest BCUT2D eigenvalue weighted by Crippen LogP contribution is -2.35. The van der Waals surface area contributed by atoms with Gasteiger partial charge in [-0.2, -0.15) is 0 Å². The SMILES string of the molecule is O=S(c1ccc(Cl)cc1)C(c1ccc(CN2CCOCC2)cn1)c1cc(F)ccc1F. The summed E-state index contributed by atoms with van der Waals surface area (Å²) in [6, 6.07) is 13.3. The van der Waals surface area contributed by atoms with E-state index < -0.39 is 27.7 Å². The molecule has 0 amide bonds. The van der Waals surface area contributed by atoms with Crippen molar-refractivity contribution in [3.05, 3.63) is 94.3 Å². The molecule has 2 aromatic carbocycles. The van der Waals surface area contributed by atoms with Gasteiger partial charge in [0.2, 0.25) is 0 Å². The van der Waals surface area contributed by atoms with Crippen molar-refractivity contribution in [2.45, 2.75) is 16.7 Å². The topological polar surface area (TPSA) is 42.4 Å². The van der Waals surface area contributed by atoms with Crippen LogP contribution in [0.1, 0.15) is 22.1 Å². The molecule has 4 nitrogen and oxygen atoms in total. The largest absolute Gasteiger partial charge is 0.379 e. The number of hydrogen-bond acceptors (Lipinski definition) is 4. The van der Waals surface area contributed by atoms with Gasteiger partial charge in [-0.15, -0.1) is 0 Å². The van der Waals surface area contributed by atoms with E-state index in [1.54, 1.807) is 36.5 Å². The third kappa shape index (κ3) is 5.36. The maximum atomic E-state index is 14.7. The van der Waals surface area contributed by atoms with Gasteiger partial charge in [-0.1, -0.05) is 17.7 Å². The van der Waals surface area contributed by atoms with Gasteiger partial charge in [0.1, 0.15) is 16.9 Å². The van der Waals surface area contributed by atoms with Crippen LogP contribution in [0.4, 0.5) is 8.78 Å². The van der Waals surface area contributed by atoms with Crippen molar-refractivity contribution in [2.75, 3.05) is 26.3 Å². The molecule has 0 bridgehead atoms. The molecular formula is C23H21ClF2N2O2S. The Bertz CT molecular complexity index is 1060. The van der Waals surface area contributed by atoms with E-state index in [1.807, 2.05) is 6.07 Å². The van der Waals surface area contributed by atoms with Crippen LogP contribution >= 0.6 is 11.6 Å². The summed E-state index contributed by atoms with van der Waals surface area (Å²) in [5.41, 5.74) is 1.40. The monoisotopic (exact) mass is 462 g/mol. The van der Waals surface area contributed by atoms with E-state index in [9.17, 15) is 13.0 Å². The first-order valence-corrected chi connectivity index (χ1v) is 11.5. The summed E-state index contributed by atoms with van der Waals surface area (Å²) in [5.74, 6) is -1.23. The number of nitrogens with zero attached hydrogens (tertiary/aromatic N) is 2. The number of benzene rings is 2. The molecule has 1 aliphatic heterocycles. The predicted molar refractivity (Wildman–Crippen MR) is 116 cm³/mol. The van der Waals surface area contributed by atoms with Gasteiger partial charge in [0.25, 0.3) is 0 Å². The van der Waals surface area contributed by atoms with E-state index in [2.05, 4.69) is 9.88 Å². The molecule has 3 aromatic rings. The van der Waals surface area contributed by atoms with Crippen LogP contribution in [0.3, 0.4) is 0 Å². The Balaban J connectivity index is 1.67. The number of halogens is 3. The van der Waals surface area contributed by atoms with Crippen LogP contribution in [-0.2, 0) is 22.1 Å². The zero-order valence-corrected chi connectivity index (χ0v) is 18.2. The Morgan fingerprint density at radius 1 is 1.06 bits per heavy atom. The molecule has 1 aromatic heterocycles. The highest BCUT2D eigenvalue weighted by molar-refractivity contribution is 7.85. The Morgan fingerprint density at radius 3 is 2.48 bits per heavy atom. The Hall–Kier alpha value is -2.19. The van der Waals surface area contributed by atoms with Crippen molar-refractivity contribution >= 4 is 22.4 Å². The van der Waals surface area contributed by atoms with Crippen LogP contribution < -0.4 is 0 Å². The van der Waals surface area contributed by atoms with Gasteiger partial charge in [0.15, 0.2) is 0 Å². The third-order valence-electron chi connectivity index (χ3n) is 5.13. The van der Waals surface area contributed by atoms with Crippen molar-refractivity contribution in [1.29, 1.82) is 0 Å². The molecule has 1 aliphatic rings. The lowest BCUT2D eigenvalue weighted by atomic mass is 10.1. The minimum Gasteiger partial charge on any atom is -0.379 e. The molecule has 0 spiro atoms. The summed E-state index contributed by atoms with van der Waals surface area (Å²) >= 11 is 5.94. The molecule has 2 atom stereocenters. The van der Waals surface area contributed by atoms with Crippen molar-refractivity contribution in [3.63, 3.8) is 0 Å². The van der Waals surface area contributed by atoms with E-state index >= 15 is 0 Å². The summed E-state index contributed by atoms with van der Waals surface area (Å²) in [7, 11) is -1.72. The lowest BCUT2D eigenvalue weighted by molar-refractivity contribution is 0.0341. The molecule has 4 rings (SSSR count). The fourth-order valence-corrected chi connectivity index (χ4v) is 5.08. The molecule has 2 unspecified atom stereocenters. The quantitative estimate of drug-likeness (QED) is 0.530. The molecule has 1 fully saturated rings. The number of ether oxygens (including phenoxy) is 1. The van der Waals surface area contributed by atoms with E-state index in [0.717, 1.165) is 43.4 Å². The first kappa shape index (κ1) is 22.0. The van der Waals surface area contributed by atoms with Crippen LogP contribution in [-0.4, -0.2) is 40.4 Å². The molecule has 0 aliphatic carbocycles. The molecule has 0 saturated carbocycles. The fraction of sp³-hybridized carbons (Fsp3) is 0.261. The van der Waals surface area contributed by atoms with Gasteiger partial charge >= 0.3 is 0 Å². The summed E-state index contributed by atoms with van der Waals surface area (Å²) in [5, 5.41) is -0.464. The minimum atomic E-state index is -1.72. The second kappa shape index (κ2) is 9.96. The van der Waals surface area contributed by atoms with Crippen LogP contribution in [0.25, 0.3) is 0 Å². The zero-order valence-electron chi connectivity index (χ0n) is 16.6. The van der Waals surface area contributed by atoms with Gasteiger partial charge in [-0.25, -0.2) is 8.78 Å². The van der Waals surface area contributed by atoms with Crippen molar-refractivity contribution in [1.82, 2.24) is 9.88 Å². The summed E-state index contributed by atoms with van der Waals surface area (Å²) in [6.07, 6.45) is 1.70. The van der Waals surface area contributed by atoms with Gasteiger partial charge in [0, 0.05) is 41.3 Å². The highest BCUT2D eigenvalue weighted by atomic mass is 35.5. The molecule has 2 heterocycles. The maximum Gasteiger partial charge on any atom is 0.128 e. The number of pyridine rings is 1.